The smallest absolute Gasteiger partial charge is 0.374 e. The zero-order valence-corrected chi connectivity index (χ0v) is 12.9. The van der Waals surface area contributed by atoms with Gasteiger partial charge < -0.3 is 9.47 Å². The van der Waals surface area contributed by atoms with E-state index >= 15 is 0 Å². The lowest BCUT2D eigenvalue weighted by Gasteiger charge is -2.06. The molecule has 0 aliphatic carbocycles. The van der Waals surface area contributed by atoms with Crippen molar-refractivity contribution in [2.75, 3.05) is 6.61 Å². The molecule has 0 amide bonds. The number of epoxide rings is 1. The quantitative estimate of drug-likeness (QED) is 0.442. The van der Waals surface area contributed by atoms with E-state index in [0.717, 1.165) is 12.1 Å². The van der Waals surface area contributed by atoms with Crippen LogP contribution in [0.2, 0.25) is 0 Å². The molecule has 8 heteroatoms. The lowest BCUT2D eigenvalue weighted by molar-refractivity contribution is -0.386. The molecule has 132 valence electrons. The molecular weight excluding hydrogens is 339 g/mol. The van der Waals surface area contributed by atoms with Gasteiger partial charge in [-0.05, 0) is 23.8 Å². The zero-order valence-electron chi connectivity index (χ0n) is 12.9. The van der Waals surface area contributed by atoms with Crippen LogP contribution in [0.3, 0.4) is 0 Å². The molecule has 0 radical (unpaired) electrons. The molecule has 1 heterocycles. The predicted molar refractivity (Wildman–Crippen MR) is 81.8 cm³/mol. The first-order valence-electron chi connectivity index (χ1n) is 7.49. The monoisotopic (exact) mass is 353 g/mol. The number of para-hydroxylation sites is 1. The molecule has 1 aliphatic rings. The maximum absolute atomic E-state index is 12.5. The number of nitro groups is 1. The van der Waals surface area contributed by atoms with Gasteiger partial charge >= 0.3 is 6.18 Å². The van der Waals surface area contributed by atoms with E-state index in [1.807, 2.05) is 0 Å². The van der Waals surface area contributed by atoms with Crippen LogP contribution in [0.5, 0.6) is 0 Å². The third-order valence-electron chi connectivity index (χ3n) is 3.88. The number of nitro benzene ring substituents is 1. The minimum atomic E-state index is -4.37. The number of halogens is 3. The molecule has 3 rings (SSSR count). The lowest BCUT2D eigenvalue weighted by Crippen LogP contribution is -2.06. The van der Waals surface area contributed by atoms with Gasteiger partial charge in [-0.1, -0.05) is 24.3 Å². The van der Waals surface area contributed by atoms with Crippen LogP contribution in [0.25, 0.3) is 0 Å². The van der Waals surface area contributed by atoms with Crippen LogP contribution in [0.1, 0.15) is 22.8 Å². The summed E-state index contributed by atoms with van der Waals surface area (Å²) in [4.78, 5) is 10.4. The molecule has 0 unspecified atom stereocenters. The van der Waals surface area contributed by atoms with Crippen molar-refractivity contribution in [3.63, 3.8) is 0 Å². The first-order chi connectivity index (χ1) is 11.9. The van der Waals surface area contributed by atoms with Crippen molar-refractivity contribution in [1.82, 2.24) is 0 Å². The average molecular weight is 353 g/mol. The van der Waals surface area contributed by atoms with Crippen LogP contribution in [-0.2, 0) is 22.3 Å². The van der Waals surface area contributed by atoms with Gasteiger partial charge in [0.05, 0.1) is 29.3 Å². The molecule has 1 aliphatic heterocycles. The third-order valence-corrected chi connectivity index (χ3v) is 3.88. The van der Waals surface area contributed by atoms with E-state index in [4.69, 9.17) is 9.47 Å². The number of hydrogen-bond donors (Lipinski definition) is 0. The second-order valence-electron chi connectivity index (χ2n) is 5.62. The van der Waals surface area contributed by atoms with Crippen LogP contribution < -0.4 is 0 Å². The maximum Gasteiger partial charge on any atom is 0.416 e. The number of hydrogen-bond acceptors (Lipinski definition) is 4. The first kappa shape index (κ1) is 17.4. The highest BCUT2D eigenvalue weighted by Gasteiger charge is 2.41. The van der Waals surface area contributed by atoms with E-state index < -0.39 is 16.7 Å². The Balaban J connectivity index is 1.51. The molecule has 5 nitrogen and oxygen atoms in total. The first-order valence-corrected chi connectivity index (χ1v) is 7.49. The van der Waals surface area contributed by atoms with Crippen LogP contribution in [0.4, 0.5) is 18.9 Å². The Morgan fingerprint density at radius 2 is 1.80 bits per heavy atom. The van der Waals surface area contributed by atoms with Gasteiger partial charge in [-0.15, -0.1) is 0 Å². The fraction of sp³-hybridized carbons (Fsp3) is 0.294. The fourth-order valence-corrected chi connectivity index (χ4v) is 2.52. The van der Waals surface area contributed by atoms with E-state index in [1.54, 1.807) is 18.2 Å². The van der Waals surface area contributed by atoms with Gasteiger partial charge in [0.25, 0.3) is 5.69 Å². The molecule has 0 saturated carbocycles. The summed E-state index contributed by atoms with van der Waals surface area (Å²) in [6.07, 6.45) is -4.94. The Morgan fingerprint density at radius 3 is 2.44 bits per heavy atom. The summed E-state index contributed by atoms with van der Waals surface area (Å²) in [6.45, 7) is 0.272. The maximum atomic E-state index is 12.5. The van der Waals surface area contributed by atoms with Gasteiger partial charge in [0.2, 0.25) is 0 Å². The van der Waals surface area contributed by atoms with E-state index in [9.17, 15) is 23.3 Å². The standard InChI is InChI=1S/C17H14F3NO4/c18-17(19,20)13-7-5-11(6-8-13)16-15(25-16)10-24-9-12-3-1-2-4-14(12)21(22)23/h1-8,15-16H,9-10H2/t15-,16-/m0/s1. The number of alkyl halides is 3. The largest absolute Gasteiger partial charge is 0.416 e. The summed E-state index contributed by atoms with van der Waals surface area (Å²) in [6, 6.07) is 11.1. The van der Waals surface area contributed by atoms with Gasteiger partial charge in [0, 0.05) is 6.07 Å². The normalized spacial score (nSPS) is 19.6. The molecule has 0 bridgehead atoms. The Bertz CT molecular complexity index is 761. The topological polar surface area (TPSA) is 64.9 Å². The Morgan fingerprint density at radius 1 is 1.12 bits per heavy atom. The summed E-state index contributed by atoms with van der Waals surface area (Å²) in [5.41, 5.74) is 0.381. The van der Waals surface area contributed by atoms with Crippen molar-refractivity contribution in [2.45, 2.75) is 25.0 Å². The highest BCUT2D eigenvalue weighted by atomic mass is 19.4. The molecular formula is C17H14F3NO4. The van der Waals surface area contributed by atoms with Crippen molar-refractivity contribution in [1.29, 1.82) is 0 Å². The Hall–Kier alpha value is -2.45. The molecule has 25 heavy (non-hydrogen) atoms. The highest BCUT2D eigenvalue weighted by molar-refractivity contribution is 5.39. The van der Waals surface area contributed by atoms with Crippen molar-refractivity contribution in [3.8, 4) is 0 Å². The molecule has 2 aromatic rings. The lowest BCUT2D eigenvalue weighted by atomic mass is 10.1. The number of ether oxygens (including phenoxy) is 2. The second-order valence-corrected chi connectivity index (χ2v) is 5.62. The van der Waals surface area contributed by atoms with Crippen molar-refractivity contribution in [3.05, 3.63) is 75.3 Å². The molecule has 0 aromatic heterocycles. The van der Waals surface area contributed by atoms with E-state index in [0.29, 0.717) is 11.1 Å². The summed E-state index contributed by atoms with van der Waals surface area (Å²) < 4.78 is 48.5. The zero-order chi connectivity index (χ0) is 18.0. The number of rotatable bonds is 6. The van der Waals surface area contributed by atoms with Crippen LogP contribution in [-0.4, -0.2) is 17.6 Å². The van der Waals surface area contributed by atoms with E-state index in [-0.39, 0.29) is 31.1 Å². The van der Waals surface area contributed by atoms with Crippen LogP contribution in [0, 0.1) is 10.1 Å². The van der Waals surface area contributed by atoms with Gasteiger partial charge in [0.1, 0.15) is 12.2 Å². The Labute approximate surface area is 141 Å². The van der Waals surface area contributed by atoms with Crippen molar-refractivity contribution < 1.29 is 27.6 Å². The second kappa shape index (κ2) is 6.81. The average Bonchev–Trinajstić information content (AvgIpc) is 3.34. The molecule has 0 N–H and O–H groups in total. The van der Waals surface area contributed by atoms with E-state index in [2.05, 4.69) is 0 Å². The minimum absolute atomic E-state index is 0.0153. The number of nitrogens with zero attached hydrogens (tertiary/aromatic N) is 1. The van der Waals surface area contributed by atoms with Crippen molar-refractivity contribution in [2.24, 2.45) is 0 Å². The van der Waals surface area contributed by atoms with Crippen molar-refractivity contribution >= 4 is 5.69 Å². The SMILES string of the molecule is O=[N+]([O-])c1ccccc1COC[C@@H]1O[C@H]1c1ccc(C(F)(F)F)cc1. The third kappa shape index (κ3) is 4.15. The van der Waals surface area contributed by atoms with Crippen LogP contribution in [0.15, 0.2) is 48.5 Å². The predicted octanol–water partition coefficient (Wildman–Crippen LogP) is 4.27. The fourth-order valence-electron chi connectivity index (χ4n) is 2.52. The van der Waals surface area contributed by atoms with Gasteiger partial charge in [-0.3, -0.25) is 10.1 Å². The summed E-state index contributed by atoms with van der Waals surface area (Å²) in [5.74, 6) is 0. The summed E-state index contributed by atoms with van der Waals surface area (Å²) in [5, 5.41) is 10.9. The minimum Gasteiger partial charge on any atom is -0.374 e. The number of benzene rings is 2. The molecule has 2 aromatic carbocycles. The van der Waals surface area contributed by atoms with E-state index in [1.165, 1.54) is 18.2 Å². The molecule has 0 spiro atoms. The van der Waals surface area contributed by atoms with Gasteiger partial charge in [-0.25, -0.2) is 0 Å². The van der Waals surface area contributed by atoms with Crippen LogP contribution >= 0.6 is 0 Å². The Kier molecular flexibility index (Phi) is 4.73. The van der Waals surface area contributed by atoms with Gasteiger partial charge in [0.15, 0.2) is 0 Å². The summed E-state index contributed by atoms with van der Waals surface area (Å²) >= 11 is 0. The summed E-state index contributed by atoms with van der Waals surface area (Å²) in [7, 11) is 0. The molecule has 2 atom stereocenters. The molecule has 1 fully saturated rings. The van der Waals surface area contributed by atoms with Gasteiger partial charge in [-0.2, -0.15) is 13.2 Å². The molecule has 1 saturated heterocycles. The highest BCUT2D eigenvalue weighted by Crippen LogP contribution is 2.40.